The number of hydrogen-bond acceptors (Lipinski definition) is 4. The minimum Gasteiger partial charge on any atom is -0.421 e. The summed E-state index contributed by atoms with van der Waals surface area (Å²) in [7, 11) is 0. The average molecular weight is 324 g/mol. The van der Waals surface area contributed by atoms with Crippen molar-refractivity contribution in [3.05, 3.63) is 23.2 Å². The third kappa shape index (κ3) is 2.13. The highest BCUT2D eigenvalue weighted by Crippen LogP contribution is 2.49. The van der Waals surface area contributed by atoms with Gasteiger partial charge in [-0.15, -0.1) is 0 Å². The second-order valence-electron chi connectivity index (χ2n) is 4.22. The second kappa shape index (κ2) is 4.17. The fraction of sp³-hybridized carbons (Fsp3) is 0.182. The Morgan fingerprint density at radius 3 is 2.14 bits per heavy atom. The molecule has 5 nitrogen and oxygen atoms in total. The Bertz CT molecular complexity index is 719. The van der Waals surface area contributed by atoms with Crippen LogP contribution in [0.4, 0.5) is 23.4 Å². The van der Waals surface area contributed by atoms with Gasteiger partial charge in [-0.3, -0.25) is 5.10 Å². The molecule has 2 heterocycles. The van der Waals surface area contributed by atoms with Crippen molar-refractivity contribution >= 4 is 17.4 Å². The van der Waals surface area contributed by atoms with Gasteiger partial charge in [-0.05, 0) is 6.07 Å². The van der Waals surface area contributed by atoms with Gasteiger partial charge in [-0.1, -0.05) is 11.6 Å². The standard InChI is InChI=1S/C11H6ClF4N3O2/c12-5-2-8-7(20-10(13,14)11(15,16)21-8)1-4(5)6-3-9(17)19-18-6/h1-3H,(H3,17,18,19). The van der Waals surface area contributed by atoms with Crippen LogP contribution >= 0.6 is 11.6 Å². The molecule has 21 heavy (non-hydrogen) atoms. The lowest BCUT2D eigenvalue weighted by Crippen LogP contribution is -2.52. The maximum atomic E-state index is 13.1. The summed E-state index contributed by atoms with van der Waals surface area (Å²) in [4.78, 5) is 0. The minimum atomic E-state index is -4.79. The Labute approximate surface area is 119 Å². The van der Waals surface area contributed by atoms with Gasteiger partial charge < -0.3 is 15.2 Å². The van der Waals surface area contributed by atoms with Gasteiger partial charge in [0.2, 0.25) is 0 Å². The third-order valence-corrected chi connectivity index (χ3v) is 3.05. The molecule has 0 atom stereocenters. The molecule has 0 bridgehead atoms. The average Bonchev–Trinajstić information content (AvgIpc) is 2.77. The van der Waals surface area contributed by atoms with Crippen molar-refractivity contribution in [2.24, 2.45) is 0 Å². The normalized spacial score (nSPS) is 18.5. The summed E-state index contributed by atoms with van der Waals surface area (Å²) >= 11 is 5.91. The Morgan fingerprint density at radius 1 is 1.05 bits per heavy atom. The number of anilines is 1. The highest BCUT2D eigenvalue weighted by molar-refractivity contribution is 6.33. The number of fused-ring (bicyclic) bond motifs is 1. The molecule has 0 fully saturated rings. The maximum Gasteiger partial charge on any atom is 0.507 e. The van der Waals surface area contributed by atoms with Gasteiger partial charge in [0.25, 0.3) is 0 Å². The van der Waals surface area contributed by atoms with E-state index in [-0.39, 0.29) is 16.4 Å². The number of nitrogens with one attached hydrogen (secondary N) is 1. The summed E-state index contributed by atoms with van der Waals surface area (Å²) in [6.45, 7) is 0. The second-order valence-corrected chi connectivity index (χ2v) is 4.63. The number of nitrogens with two attached hydrogens (primary N) is 1. The van der Waals surface area contributed by atoms with E-state index in [4.69, 9.17) is 17.3 Å². The minimum absolute atomic E-state index is 0.0259. The summed E-state index contributed by atoms with van der Waals surface area (Å²) in [5.74, 6) is -1.02. The molecule has 0 radical (unpaired) electrons. The molecule has 2 aromatic rings. The van der Waals surface area contributed by atoms with E-state index in [1.165, 1.54) is 6.07 Å². The highest BCUT2D eigenvalue weighted by atomic mass is 35.5. The predicted molar refractivity (Wildman–Crippen MR) is 64.6 cm³/mol. The molecular weight excluding hydrogens is 318 g/mol. The molecule has 1 aliphatic rings. The van der Waals surface area contributed by atoms with E-state index in [0.29, 0.717) is 5.69 Å². The maximum absolute atomic E-state index is 13.1. The first-order chi connectivity index (χ1) is 9.69. The largest absolute Gasteiger partial charge is 0.507 e. The molecule has 1 aromatic carbocycles. The van der Waals surface area contributed by atoms with Gasteiger partial charge in [0.15, 0.2) is 11.5 Å². The Balaban J connectivity index is 2.10. The van der Waals surface area contributed by atoms with Crippen LogP contribution in [0.15, 0.2) is 18.2 Å². The molecular formula is C11H6ClF4N3O2. The van der Waals surface area contributed by atoms with Crippen LogP contribution in [0.25, 0.3) is 11.3 Å². The molecule has 0 spiro atoms. The van der Waals surface area contributed by atoms with Crippen molar-refractivity contribution in [2.45, 2.75) is 12.2 Å². The van der Waals surface area contributed by atoms with E-state index in [0.717, 1.165) is 12.1 Å². The van der Waals surface area contributed by atoms with E-state index >= 15 is 0 Å². The first-order valence-corrected chi connectivity index (χ1v) is 5.86. The van der Waals surface area contributed by atoms with E-state index in [1.807, 2.05) is 0 Å². The molecule has 0 aliphatic carbocycles. The number of aromatic nitrogens is 2. The molecule has 10 heteroatoms. The smallest absolute Gasteiger partial charge is 0.421 e. The molecule has 112 valence electrons. The Hall–Kier alpha value is -2.16. The SMILES string of the molecule is Nc1cc(-c2cc3c(cc2Cl)OC(F)(F)C(F)(F)O3)[nH]n1. The number of benzene rings is 1. The van der Waals surface area contributed by atoms with Crippen LogP contribution in [0.2, 0.25) is 5.02 Å². The first kappa shape index (κ1) is 13.8. The lowest BCUT2D eigenvalue weighted by atomic mass is 10.1. The number of hydrogen-bond donors (Lipinski definition) is 2. The van der Waals surface area contributed by atoms with E-state index in [1.54, 1.807) is 0 Å². The van der Waals surface area contributed by atoms with Crippen LogP contribution in [0, 0.1) is 0 Å². The zero-order valence-corrected chi connectivity index (χ0v) is 10.7. The number of rotatable bonds is 1. The molecule has 1 aliphatic heterocycles. The van der Waals surface area contributed by atoms with Gasteiger partial charge >= 0.3 is 12.2 Å². The summed E-state index contributed by atoms with van der Waals surface area (Å²) in [5, 5.41) is 6.14. The molecule has 0 unspecified atom stereocenters. The zero-order valence-electron chi connectivity index (χ0n) is 9.96. The number of alkyl halides is 4. The number of nitrogens with zero attached hydrogens (tertiary/aromatic N) is 1. The van der Waals surface area contributed by atoms with Crippen LogP contribution in [0.1, 0.15) is 0 Å². The van der Waals surface area contributed by atoms with E-state index in [2.05, 4.69) is 19.7 Å². The summed E-state index contributed by atoms with van der Waals surface area (Å²) < 4.78 is 60.3. The van der Waals surface area contributed by atoms with Gasteiger partial charge in [-0.2, -0.15) is 22.7 Å². The van der Waals surface area contributed by atoms with Crippen LogP contribution in [-0.4, -0.2) is 22.4 Å². The third-order valence-electron chi connectivity index (χ3n) is 2.74. The van der Waals surface area contributed by atoms with Crippen molar-refractivity contribution in [3.63, 3.8) is 0 Å². The van der Waals surface area contributed by atoms with Crippen molar-refractivity contribution in [2.75, 3.05) is 5.73 Å². The Kier molecular flexibility index (Phi) is 2.74. The summed E-state index contributed by atoms with van der Waals surface area (Å²) in [6.07, 6.45) is -9.58. The van der Waals surface area contributed by atoms with Crippen LogP contribution in [0.5, 0.6) is 11.5 Å². The van der Waals surface area contributed by atoms with Crippen LogP contribution in [0.3, 0.4) is 0 Å². The van der Waals surface area contributed by atoms with Crippen LogP contribution in [-0.2, 0) is 0 Å². The summed E-state index contributed by atoms with van der Waals surface area (Å²) in [5.41, 5.74) is 5.93. The molecule has 0 amide bonds. The van der Waals surface area contributed by atoms with Crippen molar-refractivity contribution in [3.8, 4) is 22.8 Å². The lowest BCUT2D eigenvalue weighted by Gasteiger charge is -2.32. The molecule has 0 saturated carbocycles. The number of ether oxygens (including phenoxy) is 2. The van der Waals surface area contributed by atoms with Gasteiger partial charge in [-0.25, -0.2) is 0 Å². The Morgan fingerprint density at radius 2 is 1.62 bits per heavy atom. The molecule has 3 rings (SSSR count). The van der Waals surface area contributed by atoms with Crippen molar-refractivity contribution in [1.29, 1.82) is 0 Å². The predicted octanol–water partition coefficient (Wildman–Crippen LogP) is 3.27. The number of halogens is 5. The topological polar surface area (TPSA) is 73.2 Å². The van der Waals surface area contributed by atoms with Crippen molar-refractivity contribution in [1.82, 2.24) is 10.2 Å². The zero-order chi connectivity index (χ0) is 15.4. The van der Waals surface area contributed by atoms with Crippen molar-refractivity contribution < 1.29 is 27.0 Å². The first-order valence-electron chi connectivity index (χ1n) is 5.48. The van der Waals surface area contributed by atoms with Crippen LogP contribution < -0.4 is 15.2 Å². The van der Waals surface area contributed by atoms with E-state index in [9.17, 15) is 17.6 Å². The van der Waals surface area contributed by atoms with Gasteiger partial charge in [0.1, 0.15) is 5.82 Å². The fourth-order valence-corrected chi connectivity index (χ4v) is 2.03. The molecule has 3 N–H and O–H groups in total. The number of H-pyrrole nitrogens is 1. The number of nitrogen functional groups attached to an aromatic ring is 1. The molecule has 0 saturated heterocycles. The summed E-state index contributed by atoms with van der Waals surface area (Å²) in [6, 6.07) is 3.38. The highest BCUT2D eigenvalue weighted by Gasteiger charge is 2.66. The lowest BCUT2D eigenvalue weighted by molar-refractivity contribution is -0.391. The fourth-order valence-electron chi connectivity index (χ4n) is 1.77. The molecule has 1 aromatic heterocycles. The number of aromatic amines is 1. The monoisotopic (exact) mass is 323 g/mol. The van der Waals surface area contributed by atoms with Gasteiger partial charge in [0, 0.05) is 17.7 Å². The van der Waals surface area contributed by atoms with Gasteiger partial charge in [0.05, 0.1) is 10.7 Å². The van der Waals surface area contributed by atoms with E-state index < -0.39 is 23.7 Å². The quantitative estimate of drug-likeness (QED) is 0.790.